The van der Waals surface area contributed by atoms with Crippen LogP contribution >= 0.6 is 0 Å². The van der Waals surface area contributed by atoms with Gasteiger partial charge in [0, 0.05) is 203 Å². The first kappa shape index (κ1) is 110. The van der Waals surface area contributed by atoms with Crippen LogP contribution in [0.5, 0.6) is 0 Å². The molecule has 14 heterocycles. The number of aliphatic hydroxyl groups excluding tert-OH is 1. The Labute approximate surface area is 810 Å². The molecule has 135 heavy (non-hydrogen) atoms. The number of rotatable bonds is 24. The third-order valence-electron chi connectivity index (χ3n) is 23.8. The molecule has 1 aliphatic carbocycles. The zero-order chi connectivity index (χ0) is 99.7. The fourth-order valence-corrected chi connectivity index (χ4v) is 13.6. The van der Waals surface area contributed by atoms with Gasteiger partial charge < -0.3 is 96.6 Å². The fourth-order valence-electron chi connectivity index (χ4n) is 13.6. The van der Waals surface area contributed by atoms with Gasteiger partial charge >= 0.3 is 0 Å². The van der Waals surface area contributed by atoms with E-state index in [0.29, 0.717) is 42.2 Å². The van der Waals surface area contributed by atoms with E-state index < -0.39 is 0 Å². The lowest BCUT2D eigenvalue weighted by atomic mass is 9.79. The maximum atomic E-state index is 9.25. The summed E-state index contributed by atoms with van der Waals surface area (Å²) in [6.07, 6.45) is 5.65. The van der Waals surface area contributed by atoms with Crippen LogP contribution in [0.15, 0.2) is 48.8 Å². The van der Waals surface area contributed by atoms with Gasteiger partial charge in [0.2, 0.25) is 23.8 Å². The lowest BCUT2D eigenvalue weighted by molar-refractivity contribution is 0.0209. The van der Waals surface area contributed by atoms with Crippen LogP contribution < -0.4 is 67.5 Å². The summed E-state index contributed by atoms with van der Waals surface area (Å²) in [6.45, 7) is 75.2. The SMILES string of the molecule is CC(C)(C)c1cc(CC2CC(O)C2)ncn1.CC(C)(C)c1cc(NC2CNC2)nc(C(C)(C)C)n1.CC(C)(C)c1cc(NC2COC2)nc(C(C)(C)C)n1.CC(C)(C)c1cc(NC2COC2)nc(N2CCC2)n1.CN(C)CCN(C)c1nc(NC2CNC2)cc(C(C)(C)C)n1.CN(C)CCN(C)c1nc(NC2COC2)cc(C(C)(C)C)n1.CN(C)c1nc(NC2CNC2)cc(C(C)(C)C)n1. The van der Waals surface area contributed by atoms with E-state index in [9.17, 15) is 5.11 Å². The molecular weight excluding hydrogens is 1700 g/mol. The second-order valence-corrected chi connectivity index (χ2v) is 47.8. The summed E-state index contributed by atoms with van der Waals surface area (Å²) in [4.78, 5) is 77.7. The molecule has 7 saturated heterocycles. The van der Waals surface area contributed by atoms with E-state index in [1.165, 1.54) is 6.42 Å². The zero-order valence-corrected chi connectivity index (χ0v) is 89.4. The maximum Gasteiger partial charge on any atom is 0.227 e. The Balaban J connectivity index is 0.000000177. The van der Waals surface area contributed by atoms with Gasteiger partial charge in [-0.1, -0.05) is 187 Å². The molecule has 1 saturated carbocycles. The van der Waals surface area contributed by atoms with E-state index in [1.807, 2.05) is 26.0 Å². The average Bonchev–Trinajstić information content (AvgIpc) is 0.815. The average molecular weight is 1870 g/mol. The fraction of sp³-hybridized carbons (Fsp3) is 0.725. The van der Waals surface area contributed by atoms with Crippen molar-refractivity contribution in [2.45, 2.75) is 304 Å². The normalized spacial score (nSPS) is 17.9. The van der Waals surface area contributed by atoms with E-state index in [1.54, 1.807) is 6.33 Å². The van der Waals surface area contributed by atoms with Crippen molar-refractivity contribution in [1.29, 1.82) is 0 Å². The number of ether oxygens (including phenoxy) is 3. The topological polar surface area (TPSA) is 356 Å². The van der Waals surface area contributed by atoms with Crippen LogP contribution in [0.3, 0.4) is 0 Å². The number of nitrogens with one attached hydrogen (secondary N) is 9. The minimum absolute atomic E-state index is 0.00732. The van der Waals surface area contributed by atoms with E-state index >= 15 is 0 Å². The minimum Gasteiger partial charge on any atom is -0.393 e. The predicted octanol–water partition coefficient (Wildman–Crippen LogP) is 13.2. The Hall–Kier alpha value is -8.80. The van der Waals surface area contributed by atoms with E-state index in [0.717, 1.165) is 253 Å². The summed E-state index contributed by atoms with van der Waals surface area (Å²) < 4.78 is 15.6. The van der Waals surface area contributed by atoms with Gasteiger partial charge in [-0.15, -0.1) is 0 Å². The number of likely N-dealkylation sites (N-methyl/N-ethyl adjacent to an activating group) is 4. The molecule has 33 heteroatoms. The number of hydrogen-bond donors (Lipinski definition) is 10. The molecule has 7 aromatic rings. The second-order valence-electron chi connectivity index (χ2n) is 47.8. The lowest BCUT2D eigenvalue weighted by Gasteiger charge is -2.33. The van der Waals surface area contributed by atoms with Gasteiger partial charge in [0.05, 0.1) is 116 Å². The molecule has 7 aliphatic heterocycles. The third kappa shape index (κ3) is 35.6. The molecule has 0 spiro atoms. The summed E-state index contributed by atoms with van der Waals surface area (Å²) in [7, 11) is 16.3. The van der Waals surface area contributed by atoms with E-state index in [2.05, 4.69) is 377 Å². The number of hydrogen-bond acceptors (Lipinski definition) is 33. The monoisotopic (exact) mass is 1870 g/mol. The molecule has 752 valence electrons. The maximum absolute atomic E-state index is 9.25. The highest BCUT2D eigenvalue weighted by molar-refractivity contribution is 5.51. The van der Waals surface area contributed by atoms with Gasteiger partial charge in [-0.05, 0) is 65.9 Å². The molecule has 7 aromatic heterocycles. The Kier molecular flexibility index (Phi) is 38.1. The van der Waals surface area contributed by atoms with Crippen molar-refractivity contribution in [3.63, 3.8) is 0 Å². The Morgan fingerprint density at radius 2 is 0.630 bits per heavy atom. The third-order valence-corrected chi connectivity index (χ3v) is 23.8. The lowest BCUT2D eigenvalue weighted by Crippen LogP contribution is -2.51. The van der Waals surface area contributed by atoms with Crippen LogP contribution in [-0.2, 0) is 69.4 Å². The molecule has 0 aromatic carbocycles. The number of anilines is 10. The van der Waals surface area contributed by atoms with E-state index in [4.69, 9.17) is 44.1 Å². The van der Waals surface area contributed by atoms with Crippen molar-refractivity contribution in [3.05, 3.63) is 106 Å². The van der Waals surface area contributed by atoms with Crippen molar-refractivity contribution in [2.75, 3.05) is 226 Å². The standard InChI is InChI=1S/C16H30N6.C16H29N5O.C15H26N4.C15H25N3O.C14H22N4O.C13H23N5.C13H20N2O/c1-16(2,3)13-9-14(18-12-10-17-11-12)20-15(19-13)22(6)8-7-21(4)5;1-16(2,3)13-9-14(17-12-10-22-11-12)19-15(18-13)21(6)8-7-20(4)5;1-14(2,3)11-7-12(17-10-8-16-9-10)19-13(18-11)15(4,5)6;1-14(2,3)11-7-12(16-10-8-19-9-10)18-13(17-11)15(4,5)6;1-14(2,3)11-7-12(15-10-8-19-9-10)17-13(16-11)18-5-4-6-18;1-13(2,3)10-6-11(15-9-7-14-8-9)17-12(16-10)18(4)5;1-13(2,3)12-7-10(14-8-15-12)4-9-5-11(16)6-9/h9,12,17H,7-8,10-11H2,1-6H3,(H,18,19,20);9,12H,7-8,10-11H2,1-6H3,(H,17,18,19);7,10,16H,8-9H2,1-6H3,(H,17,18,19);7,10H,8-9H2,1-6H3,(H,16,17,18);7,10H,4-6,8-9H2,1-3H3,(H,15,16,17);6,9,14H,7-8H2,1-5H3,(H,15,16,17);7-9,11,16H,4-6H2,1-3H3. The molecular formula is C102H175N29O4. The Morgan fingerprint density at radius 1 is 0.333 bits per heavy atom. The smallest absolute Gasteiger partial charge is 0.227 e. The predicted molar refractivity (Wildman–Crippen MR) is 555 cm³/mol. The highest BCUT2D eigenvalue weighted by Gasteiger charge is 2.34. The first-order chi connectivity index (χ1) is 62.7. The van der Waals surface area contributed by atoms with Gasteiger partial charge in [-0.2, -0.15) is 19.9 Å². The minimum atomic E-state index is -0.0751. The molecule has 0 radical (unpaired) electrons. The summed E-state index contributed by atoms with van der Waals surface area (Å²) >= 11 is 0. The summed E-state index contributed by atoms with van der Waals surface area (Å²) in [5, 5.41) is 39.8. The van der Waals surface area contributed by atoms with Gasteiger partial charge in [0.15, 0.2) is 0 Å². The summed E-state index contributed by atoms with van der Waals surface area (Å²) in [5.74, 6) is 11.1. The summed E-state index contributed by atoms with van der Waals surface area (Å²) in [5.41, 5.74) is 8.79. The molecule has 15 rings (SSSR count). The molecule has 0 atom stereocenters. The Bertz CT molecular complexity index is 4580. The molecule has 0 bridgehead atoms. The van der Waals surface area contributed by atoms with Gasteiger partial charge in [-0.3, -0.25) is 0 Å². The van der Waals surface area contributed by atoms with Crippen LogP contribution in [0, 0.1) is 5.92 Å². The van der Waals surface area contributed by atoms with Gasteiger partial charge in [0.25, 0.3) is 0 Å². The first-order valence-electron chi connectivity index (χ1n) is 49.1. The van der Waals surface area contributed by atoms with Crippen LogP contribution in [0.1, 0.15) is 263 Å². The van der Waals surface area contributed by atoms with Crippen LogP contribution in [0.2, 0.25) is 0 Å². The number of aliphatic hydroxyl groups is 1. The van der Waals surface area contributed by atoms with Gasteiger partial charge in [0.1, 0.15) is 52.9 Å². The highest BCUT2D eigenvalue weighted by Crippen LogP contribution is 2.36. The van der Waals surface area contributed by atoms with Crippen LogP contribution in [0.25, 0.3) is 0 Å². The molecule has 0 unspecified atom stereocenters. The van der Waals surface area contributed by atoms with Crippen LogP contribution in [-0.4, -0.2) is 302 Å². The number of nitrogens with zero attached hydrogens (tertiary/aromatic N) is 20. The quantitative estimate of drug-likeness (QED) is 0.0269. The molecule has 10 N–H and O–H groups in total. The van der Waals surface area contributed by atoms with Crippen molar-refractivity contribution in [2.24, 2.45) is 5.92 Å². The van der Waals surface area contributed by atoms with E-state index in [-0.39, 0.29) is 54.8 Å². The zero-order valence-electron chi connectivity index (χ0n) is 89.4. The summed E-state index contributed by atoms with van der Waals surface area (Å²) in [6, 6.07) is 17.1. The molecule has 8 fully saturated rings. The van der Waals surface area contributed by atoms with Crippen molar-refractivity contribution in [3.8, 4) is 0 Å². The van der Waals surface area contributed by atoms with Crippen molar-refractivity contribution < 1.29 is 19.3 Å². The number of aromatic nitrogens is 14. The van der Waals surface area contributed by atoms with Crippen molar-refractivity contribution in [1.82, 2.24) is 95.5 Å². The highest BCUT2D eigenvalue weighted by atomic mass is 16.5. The first-order valence-corrected chi connectivity index (χ1v) is 49.1. The largest absolute Gasteiger partial charge is 0.393 e. The second kappa shape index (κ2) is 46.8. The molecule has 8 aliphatic rings. The van der Waals surface area contributed by atoms with Crippen molar-refractivity contribution >= 4 is 58.7 Å². The molecule has 33 nitrogen and oxygen atoms in total. The van der Waals surface area contributed by atoms with Gasteiger partial charge in [-0.25, -0.2) is 49.8 Å². The Morgan fingerprint density at radius 3 is 0.896 bits per heavy atom. The molecule has 0 amide bonds. The van der Waals surface area contributed by atoms with Crippen LogP contribution in [0.4, 0.5) is 58.7 Å².